The zero-order valence-electron chi connectivity index (χ0n) is 10.8. The van der Waals surface area contributed by atoms with E-state index in [-0.39, 0.29) is 11.7 Å². The van der Waals surface area contributed by atoms with Crippen LogP contribution in [0.3, 0.4) is 0 Å². The molecule has 0 aliphatic rings. The van der Waals surface area contributed by atoms with E-state index in [1.807, 2.05) is 20.8 Å². The predicted octanol–water partition coefficient (Wildman–Crippen LogP) is 2.48. The van der Waals surface area contributed by atoms with E-state index in [1.165, 1.54) is 12.1 Å². The Labute approximate surface area is 106 Å². The summed E-state index contributed by atoms with van der Waals surface area (Å²) in [7, 11) is 0. The van der Waals surface area contributed by atoms with Crippen LogP contribution in [0.25, 0.3) is 0 Å². The molecule has 0 saturated heterocycles. The summed E-state index contributed by atoms with van der Waals surface area (Å²) in [6.07, 6.45) is 0. The molecule has 1 heterocycles. The minimum Gasteiger partial charge on any atom is -0.381 e. The van der Waals surface area contributed by atoms with Gasteiger partial charge in [-0.25, -0.2) is 9.07 Å². The number of aromatic nitrogens is 3. The molecule has 1 aromatic carbocycles. The number of anilines is 1. The Bertz CT molecular complexity index is 560. The first-order valence-electron chi connectivity index (χ1n) is 5.93. The Morgan fingerprint density at radius 3 is 2.78 bits per heavy atom. The van der Waals surface area contributed by atoms with E-state index < -0.39 is 0 Å². The van der Waals surface area contributed by atoms with Gasteiger partial charge in [0.15, 0.2) is 5.82 Å². The molecule has 0 bridgehead atoms. The third kappa shape index (κ3) is 2.34. The average molecular weight is 248 g/mol. The molecule has 5 heteroatoms. The monoisotopic (exact) mass is 248 g/mol. The maximum absolute atomic E-state index is 13.2. The Morgan fingerprint density at radius 1 is 1.39 bits per heavy atom. The molecule has 0 fully saturated rings. The van der Waals surface area contributed by atoms with Crippen LogP contribution in [0, 0.1) is 12.7 Å². The molecule has 0 saturated carbocycles. The highest BCUT2D eigenvalue weighted by Gasteiger charge is 2.14. The van der Waals surface area contributed by atoms with E-state index in [0.717, 1.165) is 16.8 Å². The summed E-state index contributed by atoms with van der Waals surface area (Å²) in [5.74, 6) is 0.433. The molecule has 0 spiro atoms. The first-order chi connectivity index (χ1) is 8.49. The van der Waals surface area contributed by atoms with Crippen molar-refractivity contribution in [3.8, 4) is 0 Å². The van der Waals surface area contributed by atoms with Gasteiger partial charge >= 0.3 is 0 Å². The van der Waals surface area contributed by atoms with Gasteiger partial charge in [0.05, 0.1) is 12.2 Å². The zero-order chi connectivity index (χ0) is 13.3. The SMILES string of the molecule is Cc1ccc(F)cc1Cn1nnc(N)c1C(C)C. The molecule has 4 nitrogen and oxygen atoms in total. The molecular weight excluding hydrogens is 231 g/mol. The van der Waals surface area contributed by atoms with Crippen LogP contribution in [-0.4, -0.2) is 15.0 Å². The highest BCUT2D eigenvalue weighted by Crippen LogP contribution is 2.21. The Hall–Kier alpha value is -1.91. The summed E-state index contributed by atoms with van der Waals surface area (Å²) < 4.78 is 15.0. The molecule has 2 rings (SSSR count). The Morgan fingerprint density at radius 2 is 2.11 bits per heavy atom. The topological polar surface area (TPSA) is 56.7 Å². The Kier molecular flexibility index (Phi) is 3.32. The zero-order valence-corrected chi connectivity index (χ0v) is 10.8. The van der Waals surface area contributed by atoms with Gasteiger partial charge < -0.3 is 5.73 Å². The lowest BCUT2D eigenvalue weighted by molar-refractivity contribution is 0.587. The van der Waals surface area contributed by atoms with E-state index in [4.69, 9.17) is 5.73 Å². The highest BCUT2D eigenvalue weighted by atomic mass is 19.1. The van der Waals surface area contributed by atoms with Crippen LogP contribution in [0.5, 0.6) is 0 Å². The standard InChI is InChI=1S/C13H17FN4/c1-8(2)12-13(15)16-17-18(12)7-10-6-11(14)5-4-9(10)3/h4-6,8H,7,15H2,1-3H3. The van der Waals surface area contributed by atoms with Crippen molar-refractivity contribution in [3.05, 3.63) is 40.8 Å². The Balaban J connectivity index is 2.37. The van der Waals surface area contributed by atoms with Gasteiger partial charge in [-0.15, -0.1) is 5.10 Å². The van der Waals surface area contributed by atoms with Crippen LogP contribution in [0.4, 0.5) is 10.2 Å². The molecule has 0 atom stereocenters. The van der Waals surface area contributed by atoms with E-state index in [1.54, 1.807) is 10.7 Å². The minimum atomic E-state index is -0.241. The van der Waals surface area contributed by atoms with Gasteiger partial charge in [0.1, 0.15) is 5.82 Å². The van der Waals surface area contributed by atoms with Gasteiger partial charge in [-0.2, -0.15) is 0 Å². The fourth-order valence-corrected chi connectivity index (χ4v) is 2.02. The second-order valence-electron chi connectivity index (χ2n) is 4.74. The molecular formula is C13H17FN4. The summed E-state index contributed by atoms with van der Waals surface area (Å²) in [6, 6.07) is 4.75. The van der Waals surface area contributed by atoms with Crippen LogP contribution < -0.4 is 5.73 Å². The summed E-state index contributed by atoms with van der Waals surface area (Å²) in [6.45, 7) is 6.50. The number of aryl methyl sites for hydroxylation is 1. The van der Waals surface area contributed by atoms with E-state index in [9.17, 15) is 4.39 Å². The number of hydrogen-bond acceptors (Lipinski definition) is 3. The molecule has 0 unspecified atom stereocenters. The van der Waals surface area contributed by atoms with Crippen LogP contribution in [-0.2, 0) is 6.54 Å². The molecule has 96 valence electrons. The number of benzene rings is 1. The fraction of sp³-hybridized carbons (Fsp3) is 0.385. The smallest absolute Gasteiger partial charge is 0.169 e. The fourth-order valence-electron chi connectivity index (χ4n) is 2.02. The quantitative estimate of drug-likeness (QED) is 0.907. The van der Waals surface area contributed by atoms with Gasteiger partial charge in [0, 0.05) is 0 Å². The molecule has 0 amide bonds. The van der Waals surface area contributed by atoms with Crippen molar-refractivity contribution in [1.82, 2.24) is 15.0 Å². The second kappa shape index (κ2) is 4.76. The van der Waals surface area contributed by atoms with Crippen molar-refractivity contribution >= 4 is 5.82 Å². The maximum Gasteiger partial charge on any atom is 0.169 e. The van der Waals surface area contributed by atoms with E-state index >= 15 is 0 Å². The van der Waals surface area contributed by atoms with Crippen LogP contribution >= 0.6 is 0 Å². The van der Waals surface area contributed by atoms with Crippen molar-refractivity contribution in [2.75, 3.05) is 5.73 Å². The summed E-state index contributed by atoms with van der Waals surface area (Å²) in [4.78, 5) is 0. The lowest BCUT2D eigenvalue weighted by Crippen LogP contribution is -2.10. The molecule has 0 aliphatic carbocycles. The number of nitrogens with two attached hydrogens (primary N) is 1. The number of hydrogen-bond donors (Lipinski definition) is 1. The van der Waals surface area contributed by atoms with E-state index in [0.29, 0.717) is 12.4 Å². The van der Waals surface area contributed by atoms with Crippen molar-refractivity contribution < 1.29 is 4.39 Å². The highest BCUT2D eigenvalue weighted by molar-refractivity contribution is 5.36. The normalized spacial score (nSPS) is 11.2. The molecule has 0 radical (unpaired) electrons. The third-order valence-corrected chi connectivity index (χ3v) is 2.98. The van der Waals surface area contributed by atoms with Gasteiger partial charge in [-0.05, 0) is 36.1 Å². The minimum absolute atomic E-state index is 0.230. The summed E-state index contributed by atoms with van der Waals surface area (Å²) >= 11 is 0. The van der Waals surface area contributed by atoms with Crippen LogP contribution in [0.2, 0.25) is 0 Å². The largest absolute Gasteiger partial charge is 0.381 e. The van der Waals surface area contributed by atoms with Crippen molar-refractivity contribution in [1.29, 1.82) is 0 Å². The summed E-state index contributed by atoms with van der Waals surface area (Å²) in [5, 5.41) is 7.91. The lowest BCUT2D eigenvalue weighted by atomic mass is 10.1. The second-order valence-corrected chi connectivity index (χ2v) is 4.74. The number of nitrogen functional groups attached to an aromatic ring is 1. The van der Waals surface area contributed by atoms with Crippen molar-refractivity contribution in [2.45, 2.75) is 33.2 Å². The molecule has 2 aromatic rings. The number of nitrogens with zero attached hydrogens (tertiary/aromatic N) is 3. The van der Waals surface area contributed by atoms with E-state index in [2.05, 4.69) is 10.3 Å². The average Bonchev–Trinajstić information content (AvgIpc) is 2.65. The first kappa shape index (κ1) is 12.5. The number of halogens is 1. The third-order valence-electron chi connectivity index (χ3n) is 2.98. The van der Waals surface area contributed by atoms with Crippen LogP contribution in [0.1, 0.15) is 36.6 Å². The van der Waals surface area contributed by atoms with Gasteiger partial charge in [0.2, 0.25) is 0 Å². The first-order valence-corrected chi connectivity index (χ1v) is 5.93. The summed E-state index contributed by atoms with van der Waals surface area (Å²) in [5.41, 5.74) is 8.60. The molecule has 18 heavy (non-hydrogen) atoms. The van der Waals surface area contributed by atoms with Gasteiger partial charge in [0.25, 0.3) is 0 Å². The predicted molar refractivity (Wildman–Crippen MR) is 68.8 cm³/mol. The van der Waals surface area contributed by atoms with Crippen LogP contribution in [0.15, 0.2) is 18.2 Å². The molecule has 1 aromatic heterocycles. The van der Waals surface area contributed by atoms with Gasteiger partial charge in [-0.1, -0.05) is 25.1 Å². The van der Waals surface area contributed by atoms with Crippen molar-refractivity contribution in [3.63, 3.8) is 0 Å². The van der Waals surface area contributed by atoms with Gasteiger partial charge in [-0.3, -0.25) is 0 Å². The lowest BCUT2D eigenvalue weighted by Gasteiger charge is -2.11. The van der Waals surface area contributed by atoms with Crippen molar-refractivity contribution in [2.24, 2.45) is 0 Å². The molecule has 2 N–H and O–H groups in total. The molecule has 0 aliphatic heterocycles. The number of rotatable bonds is 3. The maximum atomic E-state index is 13.2.